The number of nitrogens with zero attached hydrogens (tertiary/aromatic N) is 2. The predicted molar refractivity (Wildman–Crippen MR) is 82.5 cm³/mol. The highest BCUT2D eigenvalue weighted by Gasteiger charge is 2.06. The largest absolute Gasteiger partial charge is 0.312 e. The second-order valence-electron chi connectivity index (χ2n) is 5.26. The van der Waals surface area contributed by atoms with Gasteiger partial charge in [0.1, 0.15) is 0 Å². The highest BCUT2D eigenvalue weighted by molar-refractivity contribution is 9.10. The van der Waals surface area contributed by atoms with Crippen molar-refractivity contribution in [3.8, 4) is 5.69 Å². The first-order chi connectivity index (χ1) is 9.06. The third-order valence-corrected chi connectivity index (χ3v) is 3.31. The van der Waals surface area contributed by atoms with Gasteiger partial charge in [0.2, 0.25) is 0 Å². The Bertz CT molecular complexity index is 546. The van der Waals surface area contributed by atoms with Gasteiger partial charge in [0.15, 0.2) is 0 Å². The Kier molecular flexibility index (Phi) is 4.77. The number of rotatable bonds is 5. The molecular formula is C15H20BrN3. The van der Waals surface area contributed by atoms with Crippen LogP contribution >= 0.6 is 15.9 Å². The number of aryl methyl sites for hydroxylation is 1. The molecule has 1 N–H and O–H groups in total. The maximum Gasteiger partial charge on any atom is 0.0691 e. The van der Waals surface area contributed by atoms with Crippen molar-refractivity contribution in [1.82, 2.24) is 15.1 Å². The molecule has 0 saturated carbocycles. The average molecular weight is 322 g/mol. The molecule has 0 aliphatic heterocycles. The topological polar surface area (TPSA) is 29.9 Å². The fourth-order valence-electron chi connectivity index (χ4n) is 2.01. The molecule has 0 spiro atoms. The number of hydrogen-bond acceptors (Lipinski definition) is 2. The minimum Gasteiger partial charge on any atom is -0.312 e. The molecule has 2 rings (SSSR count). The molecule has 0 bridgehead atoms. The van der Waals surface area contributed by atoms with Crippen LogP contribution in [0.4, 0.5) is 0 Å². The second kappa shape index (κ2) is 6.35. The third kappa shape index (κ3) is 3.91. The summed E-state index contributed by atoms with van der Waals surface area (Å²) in [5.74, 6) is 0.659. The van der Waals surface area contributed by atoms with Gasteiger partial charge in [-0.15, -0.1) is 0 Å². The summed E-state index contributed by atoms with van der Waals surface area (Å²) < 4.78 is 2.91. The Hall–Kier alpha value is -1.13. The zero-order valence-corrected chi connectivity index (χ0v) is 13.2. The average Bonchev–Trinajstić information content (AvgIpc) is 2.75. The number of nitrogens with one attached hydrogen (secondary N) is 1. The quantitative estimate of drug-likeness (QED) is 0.910. The minimum atomic E-state index is 0.659. The van der Waals surface area contributed by atoms with Crippen LogP contribution in [0.2, 0.25) is 0 Å². The molecule has 3 nitrogen and oxygen atoms in total. The van der Waals surface area contributed by atoms with Gasteiger partial charge in [0.05, 0.1) is 16.4 Å². The number of halogens is 1. The lowest BCUT2D eigenvalue weighted by molar-refractivity contribution is 0.551. The Morgan fingerprint density at radius 2 is 2.16 bits per heavy atom. The van der Waals surface area contributed by atoms with Crippen LogP contribution in [0, 0.1) is 12.8 Å². The van der Waals surface area contributed by atoms with Crippen molar-refractivity contribution < 1.29 is 0 Å². The molecule has 0 aliphatic rings. The standard InChI is InChI=1S/C15H20BrN3/c1-11(2)7-17-8-13-6-12(3)4-5-15(13)19-10-14(16)9-18-19/h4-6,9-11,17H,7-8H2,1-3H3. The molecule has 0 saturated heterocycles. The first-order valence-corrected chi connectivity index (χ1v) is 7.36. The van der Waals surface area contributed by atoms with E-state index in [9.17, 15) is 0 Å². The van der Waals surface area contributed by atoms with Crippen molar-refractivity contribution in [2.75, 3.05) is 6.54 Å². The molecule has 4 heteroatoms. The summed E-state index contributed by atoms with van der Waals surface area (Å²) in [7, 11) is 0. The molecule has 0 amide bonds. The maximum absolute atomic E-state index is 4.36. The monoisotopic (exact) mass is 321 g/mol. The zero-order valence-electron chi connectivity index (χ0n) is 11.7. The molecule has 0 unspecified atom stereocenters. The molecule has 1 aromatic carbocycles. The van der Waals surface area contributed by atoms with E-state index in [1.807, 2.05) is 17.1 Å². The van der Waals surface area contributed by atoms with Gasteiger partial charge in [0, 0.05) is 12.7 Å². The van der Waals surface area contributed by atoms with Gasteiger partial charge in [-0.2, -0.15) is 5.10 Å². The number of aromatic nitrogens is 2. The predicted octanol–water partition coefficient (Wildman–Crippen LogP) is 3.69. The van der Waals surface area contributed by atoms with Crippen molar-refractivity contribution in [3.63, 3.8) is 0 Å². The smallest absolute Gasteiger partial charge is 0.0691 e. The molecular weight excluding hydrogens is 302 g/mol. The number of hydrogen-bond donors (Lipinski definition) is 1. The summed E-state index contributed by atoms with van der Waals surface area (Å²) >= 11 is 3.44. The minimum absolute atomic E-state index is 0.659. The molecule has 102 valence electrons. The van der Waals surface area contributed by atoms with Crippen LogP contribution in [-0.4, -0.2) is 16.3 Å². The maximum atomic E-state index is 4.36. The van der Waals surface area contributed by atoms with Gasteiger partial charge in [-0.1, -0.05) is 31.5 Å². The molecule has 0 radical (unpaired) electrons. The molecule has 0 atom stereocenters. The zero-order chi connectivity index (χ0) is 13.8. The van der Waals surface area contributed by atoms with Crippen LogP contribution in [0.5, 0.6) is 0 Å². The van der Waals surface area contributed by atoms with Crippen molar-refractivity contribution in [2.24, 2.45) is 5.92 Å². The summed E-state index contributed by atoms with van der Waals surface area (Å²) in [4.78, 5) is 0. The molecule has 0 fully saturated rings. The highest BCUT2D eigenvalue weighted by atomic mass is 79.9. The van der Waals surface area contributed by atoms with E-state index < -0.39 is 0 Å². The van der Waals surface area contributed by atoms with Gasteiger partial charge >= 0.3 is 0 Å². The lowest BCUT2D eigenvalue weighted by atomic mass is 10.1. The van der Waals surface area contributed by atoms with Crippen LogP contribution < -0.4 is 5.32 Å². The summed E-state index contributed by atoms with van der Waals surface area (Å²) in [6.45, 7) is 8.45. The Morgan fingerprint density at radius 1 is 1.37 bits per heavy atom. The summed E-state index contributed by atoms with van der Waals surface area (Å²) in [5, 5.41) is 7.85. The number of benzene rings is 1. The van der Waals surface area contributed by atoms with E-state index in [1.54, 1.807) is 0 Å². The van der Waals surface area contributed by atoms with E-state index in [0.29, 0.717) is 5.92 Å². The van der Waals surface area contributed by atoms with Gasteiger partial charge in [0.25, 0.3) is 0 Å². The van der Waals surface area contributed by atoms with Gasteiger partial charge in [-0.3, -0.25) is 0 Å². The highest BCUT2D eigenvalue weighted by Crippen LogP contribution is 2.18. The van der Waals surface area contributed by atoms with Crippen LogP contribution in [0.1, 0.15) is 25.0 Å². The van der Waals surface area contributed by atoms with E-state index in [4.69, 9.17) is 0 Å². The van der Waals surface area contributed by atoms with Crippen LogP contribution in [0.15, 0.2) is 35.1 Å². The van der Waals surface area contributed by atoms with Crippen molar-refractivity contribution >= 4 is 15.9 Å². The Balaban J connectivity index is 2.23. The summed E-state index contributed by atoms with van der Waals surface area (Å²) in [6, 6.07) is 6.47. The second-order valence-corrected chi connectivity index (χ2v) is 6.18. The SMILES string of the molecule is Cc1ccc(-n2cc(Br)cn2)c(CNCC(C)C)c1. The molecule has 19 heavy (non-hydrogen) atoms. The van der Waals surface area contributed by atoms with Crippen LogP contribution in [0.3, 0.4) is 0 Å². The first-order valence-electron chi connectivity index (χ1n) is 6.57. The Labute approximate surface area is 123 Å². The molecule has 2 aromatic rings. The van der Waals surface area contributed by atoms with Crippen LogP contribution in [0.25, 0.3) is 5.69 Å². The molecule has 1 aromatic heterocycles. The fraction of sp³-hybridized carbons (Fsp3) is 0.400. The van der Waals surface area contributed by atoms with Gasteiger partial charge in [-0.25, -0.2) is 4.68 Å². The van der Waals surface area contributed by atoms with Gasteiger partial charge in [-0.05, 0) is 46.9 Å². The lowest BCUT2D eigenvalue weighted by Gasteiger charge is -2.13. The van der Waals surface area contributed by atoms with Crippen molar-refractivity contribution in [2.45, 2.75) is 27.3 Å². The first kappa shape index (κ1) is 14.3. The van der Waals surface area contributed by atoms with E-state index in [1.165, 1.54) is 11.1 Å². The lowest BCUT2D eigenvalue weighted by Crippen LogP contribution is -2.20. The van der Waals surface area contributed by atoms with Crippen molar-refractivity contribution in [1.29, 1.82) is 0 Å². The van der Waals surface area contributed by atoms with Crippen LogP contribution in [-0.2, 0) is 6.54 Å². The van der Waals surface area contributed by atoms with E-state index in [0.717, 1.165) is 23.2 Å². The molecule has 1 heterocycles. The van der Waals surface area contributed by atoms with Crippen molar-refractivity contribution in [3.05, 3.63) is 46.2 Å². The normalized spacial score (nSPS) is 11.2. The summed E-state index contributed by atoms with van der Waals surface area (Å²) in [5.41, 5.74) is 3.68. The Morgan fingerprint density at radius 3 is 2.79 bits per heavy atom. The van der Waals surface area contributed by atoms with Gasteiger partial charge < -0.3 is 5.32 Å². The third-order valence-electron chi connectivity index (χ3n) is 2.90. The van der Waals surface area contributed by atoms with E-state index in [2.05, 4.69) is 65.3 Å². The molecule has 0 aliphatic carbocycles. The van der Waals surface area contributed by atoms with E-state index in [-0.39, 0.29) is 0 Å². The van der Waals surface area contributed by atoms with E-state index >= 15 is 0 Å². The summed E-state index contributed by atoms with van der Waals surface area (Å²) in [6.07, 6.45) is 3.79. The fourth-order valence-corrected chi connectivity index (χ4v) is 2.29.